The van der Waals surface area contributed by atoms with Gasteiger partial charge in [-0.15, -0.1) is 0 Å². The lowest BCUT2D eigenvalue weighted by atomic mass is 10.1. The second-order valence-electron chi connectivity index (χ2n) is 7.94. The average molecular weight is 440 g/mol. The number of carbonyl (C=O) groups is 1. The second-order valence-corrected chi connectivity index (χ2v) is 9.84. The molecule has 7 nitrogen and oxygen atoms in total. The summed E-state index contributed by atoms with van der Waals surface area (Å²) in [5.74, 6) is -0.252. The molecule has 31 heavy (non-hydrogen) atoms. The Labute approximate surface area is 181 Å². The van der Waals surface area contributed by atoms with E-state index in [4.69, 9.17) is 0 Å². The summed E-state index contributed by atoms with van der Waals surface area (Å²) in [6, 6.07) is 14.0. The highest BCUT2D eigenvalue weighted by Gasteiger charge is 2.32. The van der Waals surface area contributed by atoms with E-state index in [0.717, 1.165) is 5.56 Å². The molecule has 0 atom stereocenters. The predicted octanol–water partition coefficient (Wildman–Crippen LogP) is 2.30. The number of nitrogens with zero attached hydrogens (tertiary/aromatic N) is 3. The number of carbonyl (C=O) groups excluding carboxylic acids is 1. The Balaban J connectivity index is 1.58. The van der Waals surface area contributed by atoms with E-state index in [1.165, 1.54) is 14.9 Å². The van der Waals surface area contributed by atoms with Crippen molar-refractivity contribution in [3.05, 3.63) is 75.6 Å². The van der Waals surface area contributed by atoms with Gasteiger partial charge in [0.15, 0.2) is 0 Å². The quantitative estimate of drug-likeness (QED) is 0.627. The number of hydrogen-bond donors (Lipinski definition) is 0. The average Bonchev–Trinajstić information content (AvgIpc) is 2.77. The zero-order valence-corrected chi connectivity index (χ0v) is 18.6. The number of para-hydroxylation sites is 1. The maximum absolute atomic E-state index is 13.2. The van der Waals surface area contributed by atoms with Gasteiger partial charge in [0, 0.05) is 44.7 Å². The lowest BCUT2D eigenvalue weighted by Gasteiger charge is -2.34. The number of benzene rings is 2. The molecule has 0 unspecified atom stereocenters. The van der Waals surface area contributed by atoms with Gasteiger partial charge in [-0.3, -0.25) is 9.59 Å². The van der Waals surface area contributed by atoms with Crippen LogP contribution < -0.4 is 5.56 Å². The molecule has 1 fully saturated rings. The molecule has 162 valence electrons. The fourth-order valence-electron chi connectivity index (χ4n) is 4.01. The van der Waals surface area contributed by atoms with Crippen LogP contribution in [-0.4, -0.2) is 54.3 Å². The van der Waals surface area contributed by atoms with Crippen molar-refractivity contribution >= 4 is 26.8 Å². The van der Waals surface area contributed by atoms with E-state index in [1.807, 2.05) is 43.3 Å². The minimum absolute atomic E-state index is 0.213. The lowest BCUT2D eigenvalue weighted by Crippen LogP contribution is -2.50. The molecule has 0 aliphatic carbocycles. The smallest absolute Gasteiger partial charge is 0.254 e. The number of sulfonamides is 1. The molecule has 1 aromatic heterocycles. The molecular formula is C23H25N3O4S. The number of aryl methyl sites for hydroxylation is 3. The Morgan fingerprint density at radius 3 is 2.32 bits per heavy atom. The molecule has 1 amide bonds. The summed E-state index contributed by atoms with van der Waals surface area (Å²) in [7, 11) is -1.96. The third-order valence-electron chi connectivity index (χ3n) is 5.87. The van der Waals surface area contributed by atoms with Gasteiger partial charge in [-0.05, 0) is 37.1 Å². The summed E-state index contributed by atoms with van der Waals surface area (Å²) >= 11 is 0. The molecule has 2 heterocycles. The zero-order chi connectivity index (χ0) is 22.3. The highest BCUT2D eigenvalue weighted by Crippen LogP contribution is 2.24. The zero-order valence-electron chi connectivity index (χ0n) is 17.8. The molecular weight excluding hydrogens is 414 g/mol. The van der Waals surface area contributed by atoms with Crippen LogP contribution >= 0.6 is 0 Å². The highest BCUT2D eigenvalue weighted by molar-refractivity contribution is 7.89. The van der Waals surface area contributed by atoms with E-state index in [0.29, 0.717) is 26.9 Å². The van der Waals surface area contributed by atoms with Gasteiger partial charge in [-0.2, -0.15) is 4.31 Å². The van der Waals surface area contributed by atoms with E-state index < -0.39 is 10.0 Å². The Morgan fingerprint density at radius 2 is 1.61 bits per heavy atom. The highest BCUT2D eigenvalue weighted by atomic mass is 32.2. The largest absolute Gasteiger partial charge is 0.336 e. The van der Waals surface area contributed by atoms with Crippen LogP contribution in [0.2, 0.25) is 0 Å². The first-order chi connectivity index (χ1) is 14.7. The number of fused-ring (bicyclic) bond motifs is 1. The molecule has 1 aliphatic heterocycles. The summed E-state index contributed by atoms with van der Waals surface area (Å²) < 4.78 is 29.2. The van der Waals surface area contributed by atoms with E-state index in [2.05, 4.69) is 0 Å². The third kappa shape index (κ3) is 3.77. The summed E-state index contributed by atoms with van der Waals surface area (Å²) in [5, 5.41) is 0.708. The first kappa shape index (κ1) is 21.3. The normalized spacial score (nSPS) is 15.4. The van der Waals surface area contributed by atoms with Crippen LogP contribution in [0.1, 0.15) is 21.5 Å². The van der Waals surface area contributed by atoms with E-state index >= 15 is 0 Å². The summed E-state index contributed by atoms with van der Waals surface area (Å²) in [6.45, 7) is 4.62. The minimum atomic E-state index is -3.63. The van der Waals surface area contributed by atoms with Crippen LogP contribution in [0.4, 0.5) is 0 Å². The molecule has 3 aromatic rings. The monoisotopic (exact) mass is 439 g/mol. The number of pyridine rings is 1. The molecule has 2 aromatic carbocycles. The van der Waals surface area contributed by atoms with Crippen LogP contribution in [0.15, 0.2) is 58.2 Å². The molecule has 1 aliphatic rings. The Kier molecular flexibility index (Phi) is 5.45. The fraction of sp³-hybridized carbons (Fsp3) is 0.304. The van der Waals surface area contributed by atoms with Crippen LogP contribution in [0, 0.1) is 13.8 Å². The Morgan fingerprint density at radius 1 is 0.935 bits per heavy atom. The van der Waals surface area contributed by atoms with Gasteiger partial charge in [0.2, 0.25) is 10.0 Å². The summed E-state index contributed by atoms with van der Waals surface area (Å²) in [5.41, 5.74) is 2.38. The first-order valence-electron chi connectivity index (χ1n) is 10.2. The van der Waals surface area contributed by atoms with Crippen molar-refractivity contribution in [1.82, 2.24) is 13.8 Å². The number of rotatable bonds is 3. The number of aromatic nitrogens is 1. The fourth-order valence-corrected chi connectivity index (χ4v) is 5.75. The van der Waals surface area contributed by atoms with Gasteiger partial charge < -0.3 is 9.47 Å². The van der Waals surface area contributed by atoms with Crippen LogP contribution in [0.25, 0.3) is 10.9 Å². The number of amides is 1. The molecule has 4 rings (SSSR count). The van der Waals surface area contributed by atoms with Gasteiger partial charge in [0.05, 0.1) is 16.0 Å². The number of piperazine rings is 1. The number of hydrogen-bond acceptors (Lipinski definition) is 4. The SMILES string of the molecule is Cc1ccc(C)c(S(=O)(=O)N2CCN(C(=O)c3cc(=O)n(C)c4ccccc34)CC2)c1. The van der Waals surface area contributed by atoms with Crippen molar-refractivity contribution in [3.8, 4) is 0 Å². The summed E-state index contributed by atoms with van der Waals surface area (Å²) in [6.07, 6.45) is 0. The van der Waals surface area contributed by atoms with Crippen LogP contribution in [0.3, 0.4) is 0 Å². The topological polar surface area (TPSA) is 79.7 Å². The first-order valence-corrected chi connectivity index (χ1v) is 11.6. The molecule has 0 saturated carbocycles. The Hall–Kier alpha value is -2.97. The van der Waals surface area contributed by atoms with Crippen molar-refractivity contribution in [2.45, 2.75) is 18.7 Å². The van der Waals surface area contributed by atoms with Crippen molar-refractivity contribution < 1.29 is 13.2 Å². The van der Waals surface area contributed by atoms with Crippen molar-refractivity contribution in [2.75, 3.05) is 26.2 Å². The second kappa shape index (κ2) is 7.94. The van der Waals surface area contributed by atoms with E-state index in [1.54, 1.807) is 24.9 Å². The maximum Gasteiger partial charge on any atom is 0.254 e. The molecule has 0 radical (unpaired) electrons. The minimum Gasteiger partial charge on any atom is -0.336 e. The van der Waals surface area contributed by atoms with Gasteiger partial charge in [0.1, 0.15) is 0 Å². The van der Waals surface area contributed by atoms with E-state index in [9.17, 15) is 18.0 Å². The van der Waals surface area contributed by atoms with Gasteiger partial charge in [-0.25, -0.2) is 8.42 Å². The van der Waals surface area contributed by atoms with Gasteiger partial charge in [0.25, 0.3) is 11.5 Å². The molecule has 1 saturated heterocycles. The van der Waals surface area contributed by atoms with Crippen molar-refractivity contribution in [3.63, 3.8) is 0 Å². The molecule has 0 spiro atoms. The van der Waals surface area contributed by atoms with Crippen molar-refractivity contribution in [1.29, 1.82) is 0 Å². The third-order valence-corrected chi connectivity index (χ3v) is 7.91. The molecule has 0 bridgehead atoms. The molecule has 8 heteroatoms. The van der Waals surface area contributed by atoms with Crippen LogP contribution in [0.5, 0.6) is 0 Å². The predicted molar refractivity (Wildman–Crippen MR) is 120 cm³/mol. The van der Waals surface area contributed by atoms with Crippen molar-refractivity contribution in [2.24, 2.45) is 7.05 Å². The maximum atomic E-state index is 13.2. The molecule has 0 N–H and O–H groups in total. The van der Waals surface area contributed by atoms with Crippen LogP contribution in [-0.2, 0) is 17.1 Å². The summed E-state index contributed by atoms with van der Waals surface area (Å²) in [4.78, 5) is 27.5. The Bertz CT molecular complexity index is 1340. The lowest BCUT2D eigenvalue weighted by molar-refractivity contribution is 0.0699. The van der Waals surface area contributed by atoms with Gasteiger partial charge in [-0.1, -0.05) is 30.3 Å². The van der Waals surface area contributed by atoms with E-state index in [-0.39, 0.29) is 37.6 Å². The van der Waals surface area contributed by atoms with Gasteiger partial charge >= 0.3 is 0 Å². The standard InChI is InChI=1S/C23H25N3O4S/c1-16-8-9-17(2)21(14-16)31(29,30)26-12-10-25(11-13-26)23(28)19-15-22(27)24(3)20-7-5-4-6-18(19)20/h4-9,14-15H,10-13H2,1-3H3.